The Morgan fingerprint density at radius 2 is 1.71 bits per heavy atom. The maximum absolute atomic E-state index is 11.5. The van der Waals surface area contributed by atoms with Gasteiger partial charge in [0.1, 0.15) is 0 Å². The third-order valence-corrected chi connectivity index (χ3v) is 3.05. The van der Waals surface area contributed by atoms with E-state index in [-0.39, 0.29) is 11.8 Å². The van der Waals surface area contributed by atoms with Gasteiger partial charge in [0.05, 0.1) is 5.54 Å². The molecule has 0 aromatic heterocycles. The number of amides is 2. The van der Waals surface area contributed by atoms with E-state index < -0.39 is 5.54 Å². The van der Waals surface area contributed by atoms with E-state index in [9.17, 15) is 9.59 Å². The van der Waals surface area contributed by atoms with Crippen LogP contribution in [0.1, 0.15) is 6.42 Å². The van der Waals surface area contributed by atoms with Crippen LogP contribution in [0.3, 0.4) is 0 Å². The zero-order valence-electron chi connectivity index (χ0n) is 7.51. The topological polar surface area (TPSA) is 37.4 Å². The molecule has 0 atom stereocenters. The summed E-state index contributed by atoms with van der Waals surface area (Å²) in [5.74, 6) is -0.00472. The lowest BCUT2D eigenvalue weighted by Crippen LogP contribution is -2.47. The highest BCUT2D eigenvalue weighted by molar-refractivity contribution is 6.14. The fraction of sp³-hybridized carbons (Fsp3) is 0.273. The molecule has 1 heterocycles. The van der Waals surface area contributed by atoms with Crippen molar-refractivity contribution in [2.24, 2.45) is 5.92 Å². The number of hydrogen-bond donors (Lipinski definition) is 0. The molecular formula is C11H9NO2. The second-order valence-corrected chi connectivity index (χ2v) is 3.92. The summed E-state index contributed by atoms with van der Waals surface area (Å²) in [5.41, 5.74) is -0.456. The smallest absolute Gasteiger partial charge is 0.254 e. The number of rotatable bonds is 1. The molecule has 0 unspecified atom stereocenters. The van der Waals surface area contributed by atoms with Gasteiger partial charge in [-0.15, -0.1) is 0 Å². The van der Waals surface area contributed by atoms with Crippen molar-refractivity contribution < 1.29 is 9.59 Å². The van der Waals surface area contributed by atoms with Crippen LogP contribution in [-0.2, 0) is 9.59 Å². The highest BCUT2D eigenvalue weighted by atomic mass is 16.2. The molecular weight excluding hydrogens is 178 g/mol. The predicted octanol–water partition coefficient (Wildman–Crippen LogP) is 0.796. The minimum Gasteiger partial charge on any atom is -0.269 e. The SMILES string of the molecule is O=C1C=CC(=O)N1C12C=CC(C=C1)C2. The van der Waals surface area contributed by atoms with Crippen LogP contribution < -0.4 is 0 Å². The molecule has 0 aromatic rings. The zero-order valence-corrected chi connectivity index (χ0v) is 7.51. The Balaban J connectivity index is 2.04. The maximum Gasteiger partial charge on any atom is 0.254 e. The van der Waals surface area contributed by atoms with Crippen molar-refractivity contribution in [1.82, 2.24) is 4.90 Å². The summed E-state index contributed by atoms with van der Waals surface area (Å²) in [6.45, 7) is 0. The van der Waals surface area contributed by atoms with Gasteiger partial charge in [0.2, 0.25) is 0 Å². The van der Waals surface area contributed by atoms with Gasteiger partial charge in [-0.05, 0) is 12.3 Å². The van der Waals surface area contributed by atoms with Gasteiger partial charge in [-0.1, -0.05) is 24.3 Å². The zero-order chi connectivity index (χ0) is 9.76. The van der Waals surface area contributed by atoms with E-state index in [1.54, 1.807) is 0 Å². The van der Waals surface area contributed by atoms with Crippen molar-refractivity contribution in [2.75, 3.05) is 0 Å². The highest BCUT2D eigenvalue weighted by Gasteiger charge is 2.46. The van der Waals surface area contributed by atoms with Gasteiger partial charge in [0.15, 0.2) is 0 Å². The van der Waals surface area contributed by atoms with E-state index >= 15 is 0 Å². The number of nitrogens with zero attached hydrogens (tertiary/aromatic N) is 1. The number of allylic oxidation sites excluding steroid dienone is 2. The third-order valence-electron chi connectivity index (χ3n) is 3.05. The van der Waals surface area contributed by atoms with E-state index in [1.165, 1.54) is 17.1 Å². The molecule has 14 heavy (non-hydrogen) atoms. The van der Waals surface area contributed by atoms with Gasteiger partial charge < -0.3 is 0 Å². The van der Waals surface area contributed by atoms with Crippen molar-refractivity contribution in [3.63, 3.8) is 0 Å². The van der Waals surface area contributed by atoms with E-state index in [0.717, 1.165) is 6.42 Å². The Kier molecular flexibility index (Phi) is 1.23. The molecule has 0 spiro atoms. The summed E-state index contributed by atoms with van der Waals surface area (Å²) >= 11 is 0. The third kappa shape index (κ3) is 0.769. The predicted molar refractivity (Wildman–Crippen MR) is 50.1 cm³/mol. The van der Waals surface area contributed by atoms with Gasteiger partial charge in [0, 0.05) is 12.2 Å². The van der Waals surface area contributed by atoms with Crippen molar-refractivity contribution >= 4 is 11.8 Å². The fourth-order valence-corrected chi connectivity index (χ4v) is 2.40. The monoisotopic (exact) mass is 187 g/mol. The lowest BCUT2D eigenvalue weighted by molar-refractivity contribution is -0.140. The van der Waals surface area contributed by atoms with E-state index in [1.807, 2.05) is 12.2 Å². The second-order valence-electron chi connectivity index (χ2n) is 3.92. The van der Waals surface area contributed by atoms with Crippen molar-refractivity contribution in [2.45, 2.75) is 12.0 Å². The van der Waals surface area contributed by atoms with Crippen LogP contribution >= 0.6 is 0 Å². The molecule has 0 aromatic carbocycles. The van der Waals surface area contributed by atoms with Crippen molar-refractivity contribution in [3.05, 3.63) is 36.5 Å². The van der Waals surface area contributed by atoms with Crippen LogP contribution in [0.4, 0.5) is 0 Å². The van der Waals surface area contributed by atoms with Crippen molar-refractivity contribution in [3.8, 4) is 0 Å². The Morgan fingerprint density at radius 3 is 2.14 bits per heavy atom. The summed E-state index contributed by atoms with van der Waals surface area (Å²) in [4.78, 5) is 24.3. The minimum absolute atomic E-state index is 0.202. The molecule has 0 fully saturated rings. The van der Waals surface area contributed by atoms with E-state index in [4.69, 9.17) is 0 Å². The van der Waals surface area contributed by atoms with E-state index in [2.05, 4.69) is 12.2 Å². The Bertz CT molecular complexity index is 385. The van der Waals surface area contributed by atoms with Crippen LogP contribution in [-0.4, -0.2) is 22.3 Å². The normalized spacial score (nSPS) is 38.0. The lowest BCUT2D eigenvalue weighted by Gasteiger charge is -2.31. The van der Waals surface area contributed by atoms with Crippen LogP contribution in [0.2, 0.25) is 0 Å². The summed E-state index contributed by atoms with van der Waals surface area (Å²) in [7, 11) is 0. The van der Waals surface area contributed by atoms with Gasteiger partial charge >= 0.3 is 0 Å². The van der Waals surface area contributed by atoms with Crippen LogP contribution in [0, 0.1) is 5.92 Å². The number of hydrogen-bond acceptors (Lipinski definition) is 2. The molecule has 0 saturated carbocycles. The Morgan fingerprint density at radius 1 is 1.14 bits per heavy atom. The molecule has 3 rings (SSSR count). The number of carbonyl (C=O) groups excluding carboxylic acids is 2. The fourth-order valence-electron chi connectivity index (χ4n) is 2.40. The molecule has 0 saturated heterocycles. The molecule has 3 aliphatic rings. The molecule has 2 bridgehead atoms. The number of imide groups is 1. The van der Waals surface area contributed by atoms with Gasteiger partial charge in [-0.3, -0.25) is 14.5 Å². The molecule has 0 radical (unpaired) electrons. The van der Waals surface area contributed by atoms with Crippen LogP contribution in [0.25, 0.3) is 0 Å². The summed E-state index contributed by atoms with van der Waals surface area (Å²) < 4.78 is 0. The van der Waals surface area contributed by atoms with E-state index in [0.29, 0.717) is 5.92 Å². The molecule has 3 nitrogen and oxygen atoms in total. The average Bonchev–Trinajstić information content (AvgIpc) is 2.81. The molecule has 3 heteroatoms. The number of carbonyl (C=O) groups is 2. The first-order valence-electron chi connectivity index (χ1n) is 4.66. The molecule has 2 aliphatic carbocycles. The van der Waals surface area contributed by atoms with Crippen LogP contribution in [0.5, 0.6) is 0 Å². The first kappa shape index (κ1) is 7.74. The quantitative estimate of drug-likeness (QED) is 0.449. The Hall–Kier alpha value is -1.64. The summed E-state index contributed by atoms with van der Waals surface area (Å²) in [5, 5.41) is 0. The summed E-state index contributed by atoms with van der Waals surface area (Å²) in [6, 6.07) is 0. The minimum atomic E-state index is -0.456. The summed E-state index contributed by atoms with van der Waals surface area (Å²) in [6.07, 6.45) is 11.5. The average molecular weight is 187 g/mol. The molecule has 0 N–H and O–H groups in total. The number of fused-ring (bicyclic) bond motifs is 2. The van der Waals surface area contributed by atoms with Gasteiger partial charge in [-0.2, -0.15) is 0 Å². The largest absolute Gasteiger partial charge is 0.269 e. The van der Waals surface area contributed by atoms with Crippen LogP contribution in [0.15, 0.2) is 36.5 Å². The molecule has 70 valence electrons. The first-order valence-corrected chi connectivity index (χ1v) is 4.66. The van der Waals surface area contributed by atoms with Crippen molar-refractivity contribution in [1.29, 1.82) is 0 Å². The van der Waals surface area contributed by atoms with Gasteiger partial charge in [-0.25, -0.2) is 0 Å². The second kappa shape index (κ2) is 2.23. The standard InChI is InChI=1S/C11H9NO2/c13-9-1-2-10(14)12(9)11-5-3-8(7-11)4-6-11/h1-6,8H,7H2. The first-order chi connectivity index (χ1) is 6.71. The highest BCUT2D eigenvalue weighted by Crippen LogP contribution is 2.41. The Labute approximate surface area is 81.4 Å². The molecule has 2 amide bonds. The lowest BCUT2D eigenvalue weighted by atomic mass is 10.00. The molecule has 1 aliphatic heterocycles. The van der Waals surface area contributed by atoms with Gasteiger partial charge in [0.25, 0.3) is 11.8 Å². The maximum atomic E-state index is 11.5.